The molecule has 0 fully saturated rings. The van der Waals surface area contributed by atoms with Crippen molar-refractivity contribution in [1.29, 1.82) is 0 Å². The maximum atomic E-state index is 2.50. The van der Waals surface area contributed by atoms with E-state index in [0.29, 0.717) is 0 Å². The van der Waals surface area contributed by atoms with Crippen LogP contribution in [0.1, 0.15) is 22.3 Å². The number of hydrogen-bond donors (Lipinski definition) is 0. The molecule has 10 aromatic carbocycles. The van der Waals surface area contributed by atoms with E-state index in [4.69, 9.17) is 0 Å². The molecule has 0 bridgehead atoms. The Labute approximate surface area is 340 Å². The van der Waals surface area contributed by atoms with Gasteiger partial charge in [0.05, 0.1) is 27.5 Å². The Bertz CT molecular complexity index is 3550. The SMILES string of the molecule is c1ccc2c(c1)-c1ccccc1C21c2ccc3c(c2-c2c1ccc1c2c2ccccc2n1-c1ccc2ccccc2c1)c1ccccc1n3-c1ccc2ccccc2c1. The lowest BCUT2D eigenvalue weighted by Gasteiger charge is -2.30. The van der Waals surface area contributed by atoms with E-state index in [1.54, 1.807) is 0 Å². The Morgan fingerprint density at radius 2 is 0.695 bits per heavy atom. The summed E-state index contributed by atoms with van der Waals surface area (Å²) < 4.78 is 4.99. The van der Waals surface area contributed by atoms with Crippen molar-refractivity contribution in [3.63, 3.8) is 0 Å². The zero-order valence-corrected chi connectivity index (χ0v) is 32.0. The molecule has 0 saturated carbocycles. The summed E-state index contributed by atoms with van der Waals surface area (Å²) in [5, 5.41) is 10.1. The summed E-state index contributed by atoms with van der Waals surface area (Å²) in [5.41, 5.74) is 17.5. The molecule has 12 aromatic rings. The van der Waals surface area contributed by atoms with Crippen molar-refractivity contribution in [3.05, 3.63) is 229 Å². The van der Waals surface area contributed by atoms with Crippen LogP contribution in [0.25, 0.3) is 98.8 Å². The molecule has 1 spiro atoms. The van der Waals surface area contributed by atoms with E-state index in [1.807, 2.05) is 0 Å². The highest BCUT2D eigenvalue weighted by Crippen LogP contribution is 2.66. The molecular formula is C57H34N2. The van der Waals surface area contributed by atoms with Crippen LogP contribution in [0, 0.1) is 0 Å². The predicted octanol–water partition coefficient (Wildman–Crippen LogP) is 14.5. The van der Waals surface area contributed by atoms with Crippen LogP contribution >= 0.6 is 0 Å². The average Bonchev–Trinajstić information content (AvgIpc) is 4.00. The molecule has 0 unspecified atom stereocenters. The first-order chi connectivity index (χ1) is 29.3. The predicted molar refractivity (Wildman–Crippen MR) is 246 cm³/mol. The second-order valence-electron chi connectivity index (χ2n) is 16.4. The molecule has 0 aliphatic heterocycles. The zero-order chi connectivity index (χ0) is 38.4. The molecular weight excluding hydrogens is 713 g/mol. The molecule has 2 nitrogen and oxygen atoms in total. The van der Waals surface area contributed by atoms with Crippen LogP contribution in [-0.4, -0.2) is 9.13 Å². The summed E-state index contributed by atoms with van der Waals surface area (Å²) in [5.74, 6) is 0. The number of benzene rings is 10. The van der Waals surface area contributed by atoms with Gasteiger partial charge in [-0.1, -0.05) is 158 Å². The summed E-state index contributed by atoms with van der Waals surface area (Å²) in [6, 6.07) is 77.3. The van der Waals surface area contributed by atoms with Crippen molar-refractivity contribution in [1.82, 2.24) is 9.13 Å². The van der Waals surface area contributed by atoms with E-state index < -0.39 is 5.41 Å². The van der Waals surface area contributed by atoms with Gasteiger partial charge in [0.25, 0.3) is 0 Å². The van der Waals surface area contributed by atoms with E-state index in [0.717, 1.165) is 0 Å². The minimum Gasteiger partial charge on any atom is -0.309 e. The van der Waals surface area contributed by atoms with Crippen LogP contribution in [0.15, 0.2) is 206 Å². The lowest BCUT2D eigenvalue weighted by Crippen LogP contribution is -2.25. The lowest BCUT2D eigenvalue weighted by molar-refractivity contribution is 0.795. The van der Waals surface area contributed by atoms with Gasteiger partial charge in [-0.25, -0.2) is 0 Å². The van der Waals surface area contributed by atoms with Crippen LogP contribution in [-0.2, 0) is 5.41 Å². The van der Waals surface area contributed by atoms with Crippen molar-refractivity contribution in [2.24, 2.45) is 0 Å². The number of nitrogens with zero attached hydrogens (tertiary/aromatic N) is 2. The van der Waals surface area contributed by atoms with E-state index in [2.05, 4.69) is 215 Å². The zero-order valence-electron chi connectivity index (χ0n) is 32.0. The maximum absolute atomic E-state index is 2.50. The van der Waals surface area contributed by atoms with Crippen molar-refractivity contribution in [2.45, 2.75) is 5.41 Å². The van der Waals surface area contributed by atoms with Gasteiger partial charge < -0.3 is 9.13 Å². The topological polar surface area (TPSA) is 9.86 Å². The fourth-order valence-electron chi connectivity index (χ4n) is 11.4. The molecule has 0 saturated heterocycles. The number of hydrogen-bond acceptors (Lipinski definition) is 0. The molecule has 272 valence electrons. The summed E-state index contributed by atoms with van der Waals surface area (Å²) in [4.78, 5) is 0. The fraction of sp³-hybridized carbons (Fsp3) is 0.0175. The van der Waals surface area contributed by atoms with Crippen molar-refractivity contribution >= 4 is 65.2 Å². The highest BCUT2D eigenvalue weighted by Gasteiger charge is 2.53. The molecule has 2 aromatic heterocycles. The Morgan fingerprint density at radius 1 is 0.288 bits per heavy atom. The van der Waals surface area contributed by atoms with E-state index in [-0.39, 0.29) is 0 Å². The lowest BCUT2D eigenvalue weighted by atomic mass is 9.70. The third kappa shape index (κ3) is 3.87. The molecule has 2 aliphatic rings. The second kappa shape index (κ2) is 11.2. The molecule has 0 N–H and O–H groups in total. The summed E-state index contributed by atoms with van der Waals surface area (Å²) in [6.07, 6.45) is 0. The number of fused-ring (bicyclic) bond motifs is 20. The van der Waals surface area contributed by atoms with E-state index in [1.165, 1.54) is 121 Å². The van der Waals surface area contributed by atoms with Gasteiger partial charge in [-0.2, -0.15) is 0 Å². The minimum atomic E-state index is -0.488. The average molecular weight is 747 g/mol. The summed E-state index contributed by atoms with van der Waals surface area (Å²) >= 11 is 0. The number of rotatable bonds is 2. The third-order valence-electron chi connectivity index (χ3n) is 13.7. The van der Waals surface area contributed by atoms with Gasteiger partial charge in [0, 0.05) is 32.9 Å². The van der Waals surface area contributed by atoms with E-state index in [9.17, 15) is 0 Å². The normalized spacial score (nSPS) is 13.6. The Morgan fingerprint density at radius 3 is 1.19 bits per heavy atom. The van der Waals surface area contributed by atoms with Crippen LogP contribution in [0.4, 0.5) is 0 Å². The highest BCUT2D eigenvalue weighted by molar-refractivity contribution is 6.26. The van der Waals surface area contributed by atoms with Gasteiger partial charge in [0.15, 0.2) is 0 Å². The molecule has 2 heterocycles. The smallest absolute Gasteiger partial charge is 0.0726 e. The van der Waals surface area contributed by atoms with Crippen LogP contribution in [0.5, 0.6) is 0 Å². The van der Waals surface area contributed by atoms with Crippen LogP contribution in [0.2, 0.25) is 0 Å². The van der Waals surface area contributed by atoms with Crippen molar-refractivity contribution in [2.75, 3.05) is 0 Å². The van der Waals surface area contributed by atoms with Crippen molar-refractivity contribution < 1.29 is 0 Å². The standard InChI is InChI=1S/C57H34N2/c1-3-15-37-33-39(27-25-35(37)13-1)58-49-23-11-7-19-43(49)53-51(58)31-29-47-55(53)56-48(57(47)45-21-9-5-17-41(45)42-18-6-10-22-46(42)57)30-32-52-54(56)44-20-8-12-24-50(44)59(52)40-28-26-36-14-2-4-16-38(36)34-40/h1-34H. The first-order valence-corrected chi connectivity index (χ1v) is 20.6. The largest absolute Gasteiger partial charge is 0.309 e. The minimum absolute atomic E-state index is 0.488. The molecule has 59 heavy (non-hydrogen) atoms. The van der Waals surface area contributed by atoms with E-state index >= 15 is 0 Å². The van der Waals surface area contributed by atoms with Gasteiger partial charge in [0.2, 0.25) is 0 Å². The second-order valence-corrected chi connectivity index (χ2v) is 16.4. The maximum Gasteiger partial charge on any atom is 0.0726 e. The summed E-state index contributed by atoms with van der Waals surface area (Å²) in [6.45, 7) is 0. The molecule has 2 aliphatic carbocycles. The quantitative estimate of drug-likeness (QED) is 0.167. The highest BCUT2D eigenvalue weighted by atomic mass is 15.0. The Hall–Kier alpha value is -7.68. The van der Waals surface area contributed by atoms with Gasteiger partial charge in [-0.05, 0) is 115 Å². The molecule has 14 rings (SSSR count). The third-order valence-corrected chi connectivity index (χ3v) is 13.7. The van der Waals surface area contributed by atoms with Gasteiger partial charge >= 0.3 is 0 Å². The molecule has 0 atom stereocenters. The number of para-hydroxylation sites is 2. The van der Waals surface area contributed by atoms with Crippen LogP contribution < -0.4 is 0 Å². The molecule has 2 heteroatoms. The first-order valence-electron chi connectivity index (χ1n) is 20.6. The Balaban J connectivity index is 1.19. The first kappa shape index (κ1) is 31.4. The number of aromatic nitrogens is 2. The summed E-state index contributed by atoms with van der Waals surface area (Å²) in [7, 11) is 0. The molecule has 0 amide bonds. The van der Waals surface area contributed by atoms with Gasteiger partial charge in [0.1, 0.15) is 0 Å². The van der Waals surface area contributed by atoms with Crippen molar-refractivity contribution in [3.8, 4) is 33.6 Å². The Kier molecular flexibility index (Phi) is 5.99. The molecule has 0 radical (unpaired) electrons. The fourth-order valence-corrected chi connectivity index (χ4v) is 11.4. The van der Waals surface area contributed by atoms with Gasteiger partial charge in [-0.3, -0.25) is 0 Å². The van der Waals surface area contributed by atoms with Gasteiger partial charge in [-0.15, -0.1) is 0 Å². The van der Waals surface area contributed by atoms with Crippen LogP contribution in [0.3, 0.4) is 0 Å². The monoisotopic (exact) mass is 746 g/mol.